The Hall–Kier alpha value is -0.890. The molecule has 5 nitrogen and oxygen atoms in total. The zero-order valence-corrected chi connectivity index (χ0v) is 19.7. The number of carbonyl (C=O) groups is 1. The number of aliphatic carboxylic acids is 1. The van der Waals surface area contributed by atoms with Crippen molar-refractivity contribution in [3.05, 3.63) is 65.2 Å². The molecule has 0 unspecified atom stereocenters. The molecule has 0 radical (unpaired) electrons. The number of benzene rings is 2. The molecule has 146 valence electrons. The van der Waals surface area contributed by atoms with Gasteiger partial charge in [-0.25, -0.2) is 13.1 Å². The maximum atomic E-state index is 12.5. The summed E-state index contributed by atoms with van der Waals surface area (Å²) in [4.78, 5) is 9.16. The second kappa shape index (κ2) is 12.0. The van der Waals surface area contributed by atoms with E-state index in [0.29, 0.717) is 10.9 Å². The van der Waals surface area contributed by atoms with Crippen LogP contribution < -0.4 is 39.4 Å². The molecule has 0 bridgehead atoms. The van der Waals surface area contributed by atoms with E-state index < -0.39 is 16.0 Å². The van der Waals surface area contributed by atoms with Gasteiger partial charge in [-0.3, -0.25) is 0 Å². The Morgan fingerprint density at radius 3 is 2.25 bits per heavy atom. The van der Waals surface area contributed by atoms with Crippen LogP contribution in [-0.4, -0.2) is 20.4 Å². The number of nitrogens with one attached hydrogen (secondary N) is 1. The maximum absolute atomic E-state index is 12.5. The van der Waals surface area contributed by atoms with Crippen molar-refractivity contribution in [2.75, 3.05) is 0 Å². The molecule has 1 aliphatic rings. The molecule has 1 aliphatic carbocycles. The number of hydrogen-bond donors (Lipinski definition) is 1. The number of rotatable bonds is 5. The molecule has 0 heterocycles. The van der Waals surface area contributed by atoms with Crippen LogP contribution in [-0.2, 0) is 21.2 Å². The Balaban J connectivity index is 0.000000717. The summed E-state index contributed by atoms with van der Waals surface area (Å²) in [6.45, 7) is 0.972. The zero-order chi connectivity index (χ0) is 19.9. The second-order valence-corrected chi connectivity index (χ2v) is 8.70. The molecule has 0 aliphatic heterocycles. The first-order chi connectivity index (χ1) is 12.8. The predicted octanol–water partition coefficient (Wildman–Crippen LogP) is -0.210. The molecule has 1 fully saturated rings. The van der Waals surface area contributed by atoms with Crippen molar-refractivity contribution >= 4 is 27.6 Å². The van der Waals surface area contributed by atoms with Gasteiger partial charge in [0.1, 0.15) is 0 Å². The number of carbonyl (C=O) groups excluding carboxylic acids is 1. The fourth-order valence-electron chi connectivity index (χ4n) is 3.23. The number of halogens is 1. The van der Waals surface area contributed by atoms with Crippen LogP contribution in [0.3, 0.4) is 0 Å². The monoisotopic (exact) mass is 431 g/mol. The van der Waals surface area contributed by atoms with Gasteiger partial charge in [-0.15, -0.1) is 0 Å². The van der Waals surface area contributed by atoms with Gasteiger partial charge >= 0.3 is 29.6 Å². The van der Waals surface area contributed by atoms with E-state index in [1.807, 2.05) is 18.2 Å². The third kappa shape index (κ3) is 8.23. The van der Waals surface area contributed by atoms with Gasteiger partial charge in [0.05, 0.1) is 4.90 Å². The molecule has 2 aromatic carbocycles. The van der Waals surface area contributed by atoms with Crippen LogP contribution in [0.1, 0.15) is 31.7 Å². The topological polar surface area (TPSA) is 86.3 Å². The van der Waals surface area contributed by atoms with Crippen LogP contribution in [0, 0.1) is 5.92 Å². The standard InChI is InChI=1S/C18H20ClNO2S.C2H4O2.Na/c19-16-9-11-17(12-10-16)23(21,22)20-18-8-4-7-15(18)13-14-5-2-1-3-6-14;1-2(3)4;/h1-3,5-6,9-12,15,18,20H,4,7-8,13H2;1H3,(H,3,4);/q;;+1/p-1/t15-,18+;;/m0../s1. The van der Waals surface area contributed by atoms with Crippen molar-refractivity contribution < 1.29 is 47.9 Å². The van der Waals surface area contributed by atoms with E-state index in [0.717, 1.165) is 32.6 Å². The maximum Gasteiger partial charge on any atom is 1.00 e. The Morgan fingerprint density at radius 2 is 1.68 bits per heavy atom. The van der Waals surface area contributed by atoms with E-state index in [2.05, 4.69) is 16.9 Å². The molecular weight excluding hydrogens is 409 g/mol. The molecule has 0 spiro atoms. The molecule has 28 heavy (non-hydrogen) atoms. The minimum absolute atomic E-state index is 0. The molecule has 0 amide bonds. The average Bonchev–Trinajstić information content (AvgIpc) is 3.02. The molecule has 0 saturated heterocycles. The fraction of sp³-hybridized carbons (Fsp3) is 0.350. The molecule has 8 heteroatoms. The first-order valence-electron chi connectivity index (χ1n) is 8.77. The molecular formula is C20H23ClNNaO4S. The smallest absolute Gasteiger partial charge is 0.550 e. The summed E-state index contributed by atoms with van der Waals surface area (Å²) in [7, 11) is -3.49. The minimum atomic E-state index is -3.49. The van der Waals surface area contributed by atoms with Gasteiger partial charge in [0.2, 0.25) is 10.0 Å². The fourth-order valence-corrected chi connectivity index (χ4v) is 4.70. The molecule has 1 N–H and O–H groups in total. The van der Waals surface area contributed by atoms with Crippen LogP contribution in [0.4, 0.5) is 0 Å². The Bertz CT molecular complexity index is 840. The molecule has 0 aromatic heterocycles. The normalized spacial score (nSPS) is 18.5. The van der Waals surface area contributed by atoms with Crippen LogP contribution in [0.2, 0.25) is 5.02 Å². The minimum Gasteiger partial charge on any atom is -0.550 e. The van der Waals surface area contributed by atoms with Crippen LogP contribution in [0.25, 0.3) is 0 Å². The summed E-state index contributed by atoms with van der Waals surface area (Å²) < 4.78 is 28.0. The van der Waals surface area contributed by atoms with Gasteiger partial charge < -0.3 is 9.90 Å². The van der Waals surface area contributed by atoms with E-state index in [-0.39, 0.29) is 40.5 Å². The summed E-state index contributed by atoms with van der Waals surface area (Å²) in [5.41, 5.74) is 1.26. The molecule has 1 saturated carbocycles. The molecule has 2 aromatic rings. The van der Waals surface area contributed by atoms with Gasteiger partial charge in [-0.05, 0) is 61.9 Å². The summed E-state index contributed by atoms with van der Waals surface area (Å²) in [5.74, 6) is -0.737. The second-order valence-electron chi connectivity index (χ2n) is 6.55. The van der Waals surface area contributed by atoms with E-state index >= 15 is 0 Å². The van der Waals surface area contributed by atoms with E-state index in [9.17, 15) is 8.42 Å². The summed E-state index contributed by atoms with van der Waals surface area (Å²) in [5, 5.41) is 9.42. The Kier molecular flexibility index (Phi) is 10.7. The predicted molar refractivity (Wildman–Crippen MR) is 104 cm³/mol. The van der Waals surface area contributed by atoms with Gasteiger partial charge in [0, 0.05) is 17.0 Å². The summed E-state index contributed by atoms with van der Waals surface area (Å²) in [6, 6.07) is 16.5. The van der Waals surface area contributed by atoms with Crippen LogP contribution >= 0.6 is 11.6 Å². The van der Waals surface area contributed by atoms with E-state index in [1.54, 1.807) is 24.3 Å². The van der Waals surface area contributed by atoms with Crippen molar-refractivity contribution in [1.29, 1.82) is 0 Å². The van der Waals surface area contributed by atoms with Gasteiger partial charge in [-0.2, -0.15) is 0 Å². The van der Waals surface area contributed by atoms with Crippen molar-refractivity contribution in [2.24, 2.45) is 5.92 Å². The average molecular weight is 432 g/mol. The van der Waals surface area contributed by atoms with Crippen molar-refractivity contribution in [3.63, 3.8) is 0 Å². The molecule has 3 rings (SSSR count). The SMILES string of the molecule is CC(=O)[O-].O=S(=O)(N[C@@H]1CCC[C@H]1Cc1ccccc1)c1ccc(Cl)cc1.[Na+]. The largest absolute Gasteiger partial charge is 1.00 e. The first kappa shape index (κ1) is 25.1. The van der Waals surface area contributed by atoms with Crippen molar-refractivity contribution in [3.8, 4) is 0 Å². The zero-order valence-electron chi connectivity index (χ0n) is 16.1. The third-order valence-electron chi connectivity index (χ3n) is 4.43. The van der Waals surface area contributed by atoms with E-state index in [4.69, 9.17) is 21.5 Å². The van der Waals surface area contributed by atoms with E-state index in [1.165, 1.54) is 5.56 Å². The van der Waals surface area contributed by atoms with Gasteiger partial charge in [0.25, 0.3) is 0 Å². The van der Waals surface area contributed by atoms with Crippen molar-refractivity contribution in [1.82, 2.24) is 4.72 Å². The Labute approximate surface area is 193 Å². The number of sulfonamides is 1. The quantitative estimate of drug-likeness (QED) is 0.664. The van der Waals surface area contributed by atoms with Crippen LogP contribution in [0.5, 0.6) is 0 Å². The van der Waals surface area contributed by atoms with Crippen molar-refractivity contribution in [2.45, 2.75) is 43.5 Å². The van der Waals surface area contributed by atoms with Gasteiger partial charge in [-0.1, -0.05) is 48.4 Å². The summed E-state index contributed by atoms with van der Waals surface area (Å²) in [6.07, 6.45) is 3.92. The Morgan fingerprint density at radius 1 is 1.11 bits per heavy atom. The number of carboxylic acid groups (broad SMARTS) is 1. The summed E-state index contributed by atoms with van der Waals surface area (Å²) >= 11 is 5.83. The molecule has 2 atom stereocenters. The first-order valence-corrected chi connectivity index (χ1v) is 10.6. The van der Waals surface area contributed by atoms with Gasteiger partial charge in [0.15, 0.2) is 0 Å². The van der Waals surface area contributed by atoms with Crippen LogP contribution in [0.15, 0.2) is 59.5 Å². The number of hydrogen-bond acceptors (Lipinski definition) is 4. The third-order valence-corrected chi connectivity index (χ3v) is 6.19. The number of carboxylic acids is 1.